The smallest absolute Gasteiger partial charge is 0.00182 e. The van der Waals surface area contributed by atoms with Gasteiger partial charge in [0.25, 0.3) is 0 Å². The molecule has 1 aromatic rings. The van der Waals surface area contributed by atoms with E-state index < -0.39 is 0 Å². The molecular formula is C27H40. The van der Waals surface area contributed by atoms with Crippen molar-refractivity contribution in [1.82, 2.24) is 0 Å². The lowest BCUT2D eigenvalue weighted by molar-refractivity contribution is 0.304. The van der Waals surface area contributed by atoms with Crippen molar-refractivity contribution >= 4 is 6.08 Å². The maximum Gasteiger partial charge on any atom is 0.00182 e. The predicted molar refractivity (Wildman–Crippen MR) is 120 cm³/mol. The van der Waals surface area contributed by atoms with Gasteiger partial charge in [-0.25, -0.2) is 0 Å². The minimum Gasteiger partial charge on any atom is -0.0848 e. The number of unbranched alkanes of at least 4 members (excludes halogenated alkanes) is 2. The van der Waals surface area contributed by atoms with E-state index in [9.17, 15) is 0 Å². The van der Waals surface area contributed by atoms with Crippen molar-refractivity contribution in [1.29, 1.82) is 0 Å². The number of allylic oxidation sites excluding steroid dienone is 3. The Labute approximate surface area is 168 Å². The van der Waals surface area contributed by atoms with Crippen LogP contribution in [0.3, 0.4) is 0 Å². The summed E-state index contributed by atoms with van der Waals surface area (Å²) >= 11 is 0. The lowest BCUT2D eigenvalue weighted by Crippen LogP contribution is -2.11. The molecule has 1 aromatic carbocycles. The van der Waals surface area contributed by atoms with Gasteiger partial charge in [0.05, 0.1) is 0 Å². The van der Waals surface area contributed by atoms with E-state index in [0.717, 1.165) is 17.8 Å². The van der Waals surface area contributed by atoms with Crippen LogP contribution in [0.5, 0.6) is 0 Å². The molecule has 0 saturated heterocycles. The van der Waals surface area contributed by atoms with Crippen LogP contribution in [0.15, 0.2) is 42.5 Å². The Kier molecular flexibility index (Phi) is 8.24. The molecule has 0 heterocycles. The summed E-state index contributed by atoms with van der Waals surface area (Å²) in [4.78, 5) is 0. The minimum absolute atomic E-state index is 0.634. The zero-order valence-corrected chi connectivity index (χ0v) is 17.7. The van der Waals surface area contributed by atoms with Crippen LogP contribution in [0.25, 0.3) is 6.08 Å². The first-order chi connectivity index (χ1) is 13.3. The van der Waals surface area contributed by atoms with Crippen molar-refractivity contribution in [3.8, 4) is 0 Å². The standard InChI is InChI=1S/C27H40/c1-3-5-6-7-23-14-18-26(19-15-23)27-20-16-25(17-21-27)13-12-24-10-8-22(4-2)9-11-24/h12-14,16-18,20-24,26H,3-11,15,19H2,1-2H3/b13-12+. The van der Waals surface area contributed by atoms with Crippen LogP contribution in [-0.4, -0.2) is 0 Å². The average Bonchev–Trinajstić information content (AvgIpc) is 2.74. The summed E-state index contributed by atoms with van der Waals surface area (Å²) in [7, 11) is 0. The summed E-state index contributed by atoms with van der Waals surface area (Å²) < 4.78 is 0. The zero-order chi connectivity index (χ0) is 18.9. The third kappa shape index (κ3) is 6.37. The summed E-state index contributed by atoms with van der Waals surface area (Å²) in [6, 6.07) is 9.37. The van der Waals surface area contributed by atoms with Gasteiger partial charge in [-0.1, -0.05) is 88.1 Å². The Morgan fingerprint density at radius 2 is 1.63 bits per heavy atom. The molecule has 27 heavy (non-hydrogen) atoms. The Bertz CT molecular complexity index is 583. The molecule has 0 N–H and O–H groups in total. The van der Waals surface area contributed by atoms with Crippen molar-refractivity contribution in [3.63, 3.8) is 0 Å². The molecule has 0 spiro atoms. The van der Waals surface area contributed by atoms with E-state index in [4.69, 9.17) is 0 Å². The third-order valence-electron chi connectivity index (χ3n) is 7.04. The van der Waals surface area contributed by atoms with E-state index in [1.165, 1.54) is 81.8 Å². The zero-order valence-electron chi connectivity index (χ0n) is 17.7. The molecule has 1 saturated carbocycles. The van der Waals surface area contributed by atoms with Crippen LogP contribution in [0.2, 0.25) is 0 Å². The Hall–Kier alpha value is -1.30. The summed E-state index contributed by atoms with van der Waals surface area (Å²) in [5.41, 5.74) is 2.87. The highest BCUT2D eigenvalue weighted by molar-refractivity contribution is 5.50. The fourth-order valence-electron chi connectivity index (χ4n) is 4.94. The van der Waals surface area contributed by atoms with E-state index >= 15 is 0 Å². The number of benzene rings is 1. The largest absolute Gasteiger partial charge is 0.0848 e. The van der Waals surface area contributed by atoms with Gasteiger partial charge in [-0.2, -0.15) is 0 Å². The molecule has 0 heteroatoms. The maximum absolute atomic E-state index is 2.50. The minimum atomic E-state index is 0.634. The van der Waals surface area contributed by atoms with E-state index in [1.54, 1.807) is 0 Å². The van der Waals surface area contributed by atoms with Gasteiger partial charge in [-0.15, -0.1) is 0 Å². The highest BCUT2D eigenvalue weighted by atomic mass is 14.2. The summed E-state index contributed by atoms with van der Waals surface area (Å²) in [5, 5.41) is 0. The van der Waals surface area contributed by atoms with E-state index in [0.29, 0.717) is 5.92 Å². The first-order valence-corrected chi connectivity index (χ1v) is 11.7. The van der Waals surface area contributed by atoms with E-state index in [2.05, 4.69) is 62.4 Å². The van der Waals surface area contributed by atoms with Gasteiger partial charge in [-0.3, -0.25) is 0 Å². The highest BCUT2D eigenvalue weighted by Crippen LogP contribution is 2.33. The molecule has 0 bridgehead atoms. The van der Waals surface area contributed by atoms with E-state index in [1.807, 2.05) is 0 Å². The molecule has 3 rings (SSSR count). The molecule has 0 nitrogen and oxygen atoms in total. The molecule has 2 aliphatic rings. The van der Waals surface area contributed by atoms with Gasteiger partial charge in [0, 0.05) is 5.92 Å². The maximum atomic E-state index is 2.50. The summed E-state index contributed by atoms with van der Waals surface area (Å²) in [5.74, 6) is 3.26. The SMILES string of the molecule is CCCCCC1C=CC(c2ccc(/C=C/C3CCC(CC)CC3)cc2)CC1. The Morgan fingerprint density at radius 1 is 0.852 bits per heavy atom. The van der Waals surface area contributed by atoms with Crippen LogP contribution in [-0.2, 0) is 0 Å². The molecule has 2 aliphatic carbocycles. The van der Waals surface area contributed by atoms with Crippen molar-refractivity contribution in [2.24, 2.45) is 17.8 Å². The van der Waals surface area contributed by atoms with Gasteiger partial charge >= 0.3 is 0 Å². The van der Waals surface area contributed by atoms with Crippen LogP contribution in [0.1, 0.15) is 102 Å². The molecular weight excluding hydrogens is 324 g/mol. The number of hydrogen-bond donors (Lipinski definition) is 0. The van der Waals surface area contributed by atoms with Crippen LogP contribution >= 0.6 is 0 Å². The van der Waals surface area contributed by atoms with Crippen molar-refractivity contribution < 1.29 is 0 Å². The molecule has 148 valence electrons. The second-order valence-electron chi connectivity index (χ2n) is 9.04. The second-order valence-corrected chi connectivity index (χ2v) is 9.04. The van der Waals surface area contributed by atoms with E-state index in [-0.39, 0.29) is 0 Å². The molecule has 0 amide bonds. The Morgan fingerprint density at radius 3 is 2.26 bits per heavy atom. The lowest BCUT2D eigenvalue weighted by Gasteiger charge is -2.25. The van der Waals surface area contributed by atoms with Crippen molar-refractivity contribution in [2.45, 2.75) is 90.4 Å². The first kappa shape index (κ1) is 20.4. The van der Waals surface area contributed by atoms with Gasteiger partial charge in [0.1, 0.15) is 0 Å². The quantitative estimate of drug-likeness (QED) is 0.320. The van der Waals surface area contributed by atoms with Gasteiger partial charge in [-0.05, 0) is 73.8 Å². The van der Waals surface area contributed by atoms with Crippen molar-refractivity contribution in [3.05, 3.63) is 53.6 Å². The van der Waals surface area contributed by atoms with Gasteiger partial charge in [0.15, 0.2) is 0 Å². The topological polar surface area (TPSA) is 0 Å². The fourth-order valence-corrected chi connectivity index (χ4v) is 4.94. The highest BCUT2D eigenvalue weighted by Gasteiger charge is 2.18. The van der Waals surface area contributed by atoms with Gasteiger partial charge < -0.3 is 0 Å². The normalized spacial score (nSPS) is 28.7. The monoisotopic (exact) mass is 364 g/mol. The molecule has 0 aromatic heterocycles. The van der Waals surface area contributed by atoms with Crippen molar-refractivity contribution in [2.75, 3.05) is 0 Å². The molecule has 0 aliphatic heterocycles. The predicted octanol–water partition coefficient (Wildman–Crippen LogP) is 8.55. The molecule has 2 unspecified atom stereocenters. The lowest BCUT2D eigenvalue weighted by atomic mass is 9.80. The number of hydrogen-bond acceptors (Lipinski definition) is 0. The summed E-state index contributed by atoms with van der Waals surface area (Å²) in [6.07, 6.45) is 25.0. The number of rotatable bonds is 8. The second kappa shape index (κ2) is 10.9. The van der Waals surface area contributed by atoms with Crippen LogP contribution < -0.4 is 0 Å². The molecule has 2 atom stereocenters. The third-order valence-corrected chi connectivity index (χ3v) is 7.04. The molecule has 0 radical (unpaired) electrons. The average molecular weight is 365 g/mol. The Balaban J connectivity index is 1.48. The fraction of sp³-hybridized carbons (Fsp3) is 0.630. The summed E-state index contributed by atoms with van der Waals surface area (Å²) in [6.45, 7) is 4.64. The van der Waals surface area contributed by atoms with Gasteiger partial charge in [0.2, 0.25) is 0 Å². The molecule has 1 fully saturated rings. The van der Waals surface area contributed by atoms with Crippen LogP contribution in [0.4, 0.5) is 0 Å². The first-order valence-electron chi connectivity index (χ1n) is 11.7. The van der Waals surface area contributed by atoms with Crippen LogP contribution in [0, 0.1) is 17.8 Å².